The van der Waals surface area contributed by atoms with Gasteiger partial charge in [0.2, 0.25) is 5.91 Å². The molecule has 1 aromatic heterocycles. The summed E-state index contributed by atoms with van der Waals surface area (Å²) in [7, 11) is 0. The molecule has 1 aliphatic heterocycles. The number of hydrogen-bond donors (Lipinski definition) is 2. The van der Waals surface area contributed by atoms with Gasteiger partial charge in [-0.25, -0.2) is 9.78 Å². The summed E-state index contributed by atoms with van der Waals surface area (Å²) in [5.41, 5.74) is 0.0510. The highest BCUT2D eigenvalue weighted by atomic mass is 32.1. The first-order valence-electron chi connectivity index (χ1n) is 6.75. The summed E-state index contributed by atoms with van der Waals surface area (Å²) in [5, 5.41) is 12.5. The third kappa shape index (κ3) is 3.27. The Morgan fingerprint density at radius 3 is 2.55 bits per heavy atom. The van der Waals surface area contributed by atoms with Crippen molar-refractivity contribution in [1.82, 2.24) is 9.88 Å². The minimum absolute atomic E-state index is 0.0504. The average Bonchev–Trinajstić information content (AvgIpc) is 2.79. The fraction of sp³-hybridized carbons (Fsp3) is 0.615. The first-order valence-corrected chi connectivity index (χ1v) is 7.56. The number of aryl methyl sites for hydroxylation is 1. The smallest absolute Gasteiger partial charge is 0.355 e. The van der Waals surface area contributed by atoms with Crippen molar-refractivity contribution in [2.24, 2.45) is 0 Å². The molecule has 1 fully saturated rings. The summed E-state index contributed by atoms with van der Waals surface area (Å²) >= 11 is 1.26. The minimum atomic E-state index is -1.04. The van der Waals surface area contributed by atoms with E-state index in [2.05, 4.69) is 10.3 Å². The Kier molecular flexibility index (Phi) is 4.59. The lowest BCUT2D eigenvalue weighted by molar-refractivity contribution is -0.132. The second-order valence-electron chi connectivity index (χ2n) is 4.98. The molecule has 0 spiro atoms. The second kappa shape index (κ2) is 6.21. The van der Waals surface area contributed by atoms with Gasteiger partial charge in [-0.2, -0.15) is 0 Å². The van der Waals surface area contributed by atoms with Crippen molar-refractivity contribution in [2.45, 2.75) is 39.2 Å². The predicted molar refractivity (Wildman–Crippen MR) is 77.3 cm³/mol. The Morgan fingerprint density at radius 2 is 2.00 bits per heavy atom. The number of aromatic nitrogens is 1. The van der Waals surface area contributed by atoms with E-state index in [1.807, 2.05) is 4.90 Å². The van der Waals surface area contributed by atoms with Crippen LogP contribution in [-0.2, 0) is 4.79 Å². The van der Waals surface area contributed by atoms with E-state index in [9.17, 15) is 9.59 Å². The molecule has 1 aliphatic rings. The topological polar surface area (TPSA) is 82.5 Å². The Balaban J connectivity index is 1.99. The molecule has 1 amide bonds. The summed E-state index contributed by atoms with van der Waals surface area (Å²) in [6.45, 7) is 5.11. The Morgan fingerprint density at radius 1 is 1.35 bits per heavy atom. The molecule has 2 heterocycles. The first-order chi connectivity index (χ1) is 9.49. The molecule has 0 aromatic carbocycles. The molecule has 7 heteroatoms. The van der Waals surface area contributed by atoms with E-state index < -0.39 is 5.97 Å². The van der Waals surface area contributed by atoms with Gasteiger partial charge < -0.3 is 15.3 Å². The molecule has 2 rings (SSSR count). The van der Waals surface area contributed by atoms with Gasteiger partial charge in [0.15, 0.2) is 10.8 Å². The highest BCUT2D eigenvalue weighted by Crippen LogP contribution is 2.23. The fourth-order valence-corrected chi connectivity index (χ4v) is 3.18. The molecule has 1 saturated heterocycles. The van der Waals surface area contributed by atoms with Gasteiger partial charge in [-0.05, 0) is 33.1 Å². The first kappa shape index (κ1) is 14.8. The second-order valence-corrected chi connectivity index (χ2v) is 6.18. The number of thiazole rings is 1. The van der Waals surface area contributed by atoms with Gasteiger partial charge in [-0.1, -0.05) is 0 Å². The number of carbonyl (C=O) groups excluding carboxylic acids is 1. The highest BCUT2D eigenvalue weighted by molar-refractivity contribution is 7.15. The molecule has 110 valence electrons. The van der Waals surface area contributed by atoms with E-state index in [1.54, 1.807) is 13.8 Å². The number of hydrogen-bond acceptors (Lipinski definition) is 5. The summed E-state index contributed by atoms with van der Waals surface area (Å²) in [4.78, 5) is 29.7. The van der Waals surface area contributed by atoms with Gasteiger partial charge in [0.05, 0.1) is 0 Å². The van der Waals surface area contributed by atoms with Crippen LogP contribution in [0.4, 0.5) is 5.13 Å². The van der Waals surface area contributed by atoms with Crippen LogP contribution >= 0.6 is 11.3 Å². The van der Waals surface area contributed by atoms with Gasteiger partial charge in [0.1, 0.15) is 6.04 Å². The Hall–Kier alpha value is -1.63. The van der Waals surface area contributed by atoms with Gasteiger partial charge in [-0.15, -0.1) is 11.3 Å². The normalized spacial score (nSPS) is 16.8. The number of carbonyl (C=O) groups is 2. The predicted octanol–water partition coefficient (Wildman–Crippen LogP) is 1.96. The molecule has 0 bridgehead atoms. The zero-order valence-corrected chi connectivity index (χ0v) is 12.5. The number of nitrogens with zero attached hydrogens (tertiary/aromatic N) is 2. The number of nitrogens with one attached hydrogen (secondary N) is 1. The highest BCUT2D eigenvalue weighted by Gasteiger charge is 2.23. The van der Waals surface area contributed by atoms with Crippen molar-refractivity contribution < 1.29 is 14.7 Å². The number of rotatable bonds is 4. The Labute approximate surface area is 121 Å². The van der Waals surface area contributed by atoms with Crippen molar-refractivity contribution in [1.29, 1.82) is 0 Å². The maximum atomic E-state index is 12.3. The van der Waals surface area contributed by atoms with E-state index in [-0.39, 0.29) is 17.6 Å². The number of carboxylic acid groups (broad SMARTS) is 1. The molecule has 1 atom stereocenters. The number of anilines is 1. The van der Waals surface area contributed by atoms with E-state index >= 15 is 0 Å². The molecule has 2 N–H and O–H groups in total. The third-order valence-corrected chi connectivity index (χ3v) is 4.28. The van der Waals surface area contributed by atoms with Crippen LogP contribution in [0.2, 0.25) is 0 Å². The average molecular weight is 297 g/mol. The lowest BCUT2D eigenvalue weighted by atomic mass is 10.1. The van der Waals surface area contributed by atoms with E-state index in [0.717, 1.165) is 25.9 Å². The van der Waals surface area contributed by atoms with Crippen LogP contribution in [-0.4, -0.2) is 46.0 Å². The summed E-state index contributed by atoms with van der Waals surface area (Å²) in [6, 6.07) is -0.389. The molecule has 1 unspecified atom stereocenters. The Bertz CT molecular complexity index is 509. The lowest BCUT2D eigenvalue weighted by Gasteiger charge is -2.29. The number of amides is 1. The third-order valence-electron chi connectivity index (χ3n) is 3.38. The van der Waals surface area contributed by atoms with Crippen molar-refractivity contribution >= 4 is 28.3 Å². The number of aromatic carboxylic acids is 1. The largest absolute Gasteiger partial charge is 0.476 e. The maximum absolute atomic E-state index is 12.3. The molecule has 6 nitrogen and oxygen atoms in total. The van der Waals surface area contributed by atoms with Crippen LogP contribution in [0.1, 0.15) is 41.6 Å². The van der Waals surface area contributed by atoms with E-state index in [0.29, 0.717) is 10.0 Å². The molecular formula is C13H19N3O3S. The van der Waals surface area contributed by atoms with Crippen molar-refractivity contribution in [3.05, 3.63) is 10.6 Å². The standard InChI is InChI=1S/C13H19N3O3S/c1-8(11(17)16-6-4-3-5-7-16)14-13-15-10(12(18)19)9(2)20-13/h8H,3-7H2,1-2H3,(H,14,15)(H,18,19). The molecule has 0 radical (unpaired) electrons. The maximum Gasteiger partial charge on any atom is 0.355 e. The van der Waals surface area contributed by atoms with E-state index in [1.165, 1.54) is 17.8 Å². The summed E-state index contributed by atoms with van der Waals surface area (Å²) < 4.78 is 0. The van der Waals surface area contributed by atoms with E-state index in [4.69, 9.17) is 5.11 Å². The minimum Gasteiger partial charge on any atom is -0.476 e. The van der Waals surface area contributed by atoms with Crippen LogP contribution in [0.25, 0.3) is 0 Å². The fourth-order valence-electron chi connectivity index (χ4n) is 2.29. The molecule has 0 saturated carbocycles. The summed E-state index contributed by atoms with van der Waals surface area (Å²) in [5.74, 6) is -0.990. The van der Waals surface area contributed by atoms with Gasteiger partial charge >= 0.3 is 5.97 Å². The number of carboxylic acids is 1. The van der Waals surface area contributed by atoms with Crippen molar-refractivity contribution in [3.8, 4) is 0 Å². The zero-order chi connectivity index (χ0) is 14.7. The molecule has 1 aromatic rings. The van der Waals surface area contributed by atoms with Crippen LogP contribution in [0, 0.1) is 6.92 Å². The quantitative estimate of drug-likeness (QED) is 0.887. The lowest BCUT2D eigenvalue weighted by Crippen LogP contribution is -2.43. The zero-order valence-electron chi connectivity index (χ0n) is 11.7. The molecule has 0 aliphatic carbocycles. The SMILES string of the molecule is Cc1sc(NC(C)C(=O)N2CCCCC2)nc1C(=O)O. The molecular weight excluding hydrogens is 278 g/mol. The number of likely N-dealkylation sites (tertiary alicyclic amines) is 1. The monoisotopic (exact) mass is 297 g/mol. The number of piperidine rings is 1. The molecule has 20 heavy (non-hydrogen) atoms. The van der Waals surface area contributed by atoms with Crippen molar-refractivity contribution in [2.75, 3.05) is 18.4 Å². The van der Waals surface area contributed by atoms with Gasteiger partial charge in [-0.3, -0.25) is 4.79 Å². The summed E-state index contributed by atoms with van der Waals surface area (Å²) in [6.07, 6.45) is 3.29. The van der Waals surface area contributed by atoms with Crippen LogP contribution in [0.15, 0.2) is 0 Å². The van der Waals surface area contributed by atoms with Crippen LogP contribution in [0.3, 0.4) is 0 Å². The van der Waals surface area contributed by atoms with Crippen LogP contribution < -0.4 is 5.32 Å². The van der Waals surface area contributed by atoms with Gasteiger partial charge in [0, 0.05) is 18.0 Å². The van der Waals surface area contributed by atoms with Gasteiger partial charge in [0.25, 0.3) is 0 Å². The van der Waals surface area contributed by atoms with Crippen LogP contribution in [0.5, 0.6) is 0 Å². The van der Waals surface area contributed by atoms with Crippen molar-refractivity contribution in [3.63, 3.8) is 0 Å².